The average molecular weight is 232 g/mol. The van der Waals surface area contributed by atoms with Crippen molar-refractivity contribution in [2.45, 2.75) is 44.7 Å². The number of rotatable bonds is 5. The first kappa shape index (κ1) is 12.6. The van der Waals surface area contributed by atoms with Gasteiger partial charge in [-0.2, -0.15) is 0 Å². The summed E-state index contributed by atoms with van der Waals surface area (Å²) in [5.41, 5.74) is 1.76. The summed E-state index contributed by atoms with van der Waals surface area (Å²) in [7, 11) is 0. The number of hydrogen-bond acceptors (Lipinski definition) is 2. The first-order valence-corrected chi connectivity index (χ1v) is 6.84. The van der Waals surface area contributed by atoms with E-state index in [1.807, 2.05) is 0 Å². The van der Waals surface area contributed by atoms with Crippen LogP contribution in [-0.4, -0.2) is 18.6 Å². The first-order chi connectivity index (χ1) is 8.35. The Balaban J connectivity index is 1.93. The Kier molecular flexibility index (Phi) is 4.57. The van der Waals surface area contributed by atoms with Crippen molar-refractivity contribution in [2.75, 3.05) is 13.1 Å². The molecule has 0 spiro atoms. The summed E-state index contributed by atoms with van der Waals surface area (Å²) in [6, 6.07) is 10.7. The molecule has 0 unspecified atom stereocenters. The van der Waals surface area contributed by atoms with E-state index in [9.17, 15) is 0 Å². The second-order valence-electron chi connectivity index (χ2n) is 5.12. The van der Waals surface area contributed by atoms with Gasteiger partial charge in [0.05, 0.1) is 0 Å². The minimum atomic E-state index is 0.371. The summed E-state index contributed by atoms with van der Waals surface area (Å²) in [6.45, 7) is 5.60. The van der Waals surface area contributed by atoms with Gasteiger partial charge in [0, 0.05) is 12.1 Å². The van der Waals surface area contributed by atoms with Crippen molar-refractivity contribution in [3.63, 3.8) is 0 Å². The standard InChI is InChI=1S/C15H24N2/c1-2-8-15(9-11-16-12-10-15)17-13-14-6-4-3-5-7-14/h3-7,16-17H,2,8-13H2,1H3. The van der Waals surface area contributed by atoms with Crippen LogP contribution >= 0.6 is 0 Å². The maximum atomic E-state index is 3.81. The lowest BCUT2D eigenvalue weighted by Crippen LogP contribution is -2.51. The van der Waals surface area contributed by atoms with Gasteiger partial charge in [0.15, 0.2) is 0 Å². The third-order valence-corrected chi connectivity index (χ3v) is 3.80. The van der Waals surface area contributed by atoms with E-state index in [4.69, 9.17) is 0 Å². The molecule has 1 saturated heterocycles. The number of benzene rings is 1. The lowest BCUT2D eigenvalue weighted by atomic mass is 9.84. The molecule has 1 aromatic rings. The van der Waals surface area contributed by atoms with Crippen LogP contribution in [0.2, 0.25) is 0 Å². The van der Waals surface area contributed by atoms with E-state index in [0.717, 1.165) is 19.6 Å². The fourth-order valence-electron chi connectivity index (χ4n) is 2.78. The molecular formula is C15H24N2. The van der Waals surface area contributed by atoms with E-state index >= 15 is 0 Å². The van der Waals surface area contributed by atoms with Crippen LogP contribution in [0.1, 0.15) is 38.2 Å². The topological polar surface area (TPSA) is 24.1 Å². The molecule has 2 rings (SSSR count). The molecule has 0 aliphatic carbocycles. The predicted octanol–water partition coefficient (Wildman–Crippen LogP) is 2.70. The van der Waals surface area contributed by atoms with Crippen LogP contribution in [0.4, 0.5) is 0 Å². The van der Waals surface area contributed by atoms with Crippen LogP contribution in [0.5, 0.6) is 0 Å². The van der Waals surface area contributed by atoms with Crippen molar-refractivity contribution >= 4 is 0 Å². The molecule has 1 aliphatic heterocycles. The molecule has 2 heteroatoms. The van der Waals surface area contributed by atoms with E-state index in [1.165, 1.54) is 31.2 Å². The van der Waals surface area contributed by atoms with Crippen LogP contribution in [-0.2, 0) is 6.54 Å². The second kappa shape index (κ2) is 6.18. The molecule has 1 aromatic carbocycles. The molecule has 94 valence electrons. The van der Waals surface area contributed by atoms with E-state index in [-0.39, 0.29) is 0 Å². The van der Waals surface area contributed by atoms with Crippen molar-refractivity contribution in [1.82, 2.24) is 10.6 Å². The molecule has 1 fully saturated rings. The SMILES string of the molecule is CCCC1(NCc2ccccc2)CCNCC1. The van der Waals surface area contributed by atoms with Gasteiger partial charge in [0.1, 0.15) is 0 Å². The predicted molar refractivity (Wildman–Crippen MR) is 73.0 cm³/mol. The maximum absolute atomic E-state index is 3.81. The van der Waals surface area contributed by atoms with Crippen LogP contribution in [0, 0.1) is 0 Å². The van der Waals surface area contributed by atoms with Gasteiger partial charge >= 0.3 is 0 Å². The second-order valence-corrected chi connectivity index (χ2v) is 5.12. The molecule has 17 heavy (non-hydrogen) atoms. The minimum Gasteiger partial charge on any atom is -0.317 e. The van der Waals surface area contributed by atoms with Gasteiger partial charge in [-0.1, -0.05) is 43.7 Å². The fraction of sp³-hybridized carbons (Fsp3) is 0.600. The Hall–Kier alpha value is -0.860. The smallest absolute Gasteiger partial charge is 0.0210 e. The van der Waals surface area contributed by atoms with Crippen molar-refractivity contribution in [1.29, 1.82) is 0 Å². The molecular weight excluding hydrogens is 208 g/mol. The van der Waals surface area contributed by atoms with E-state index < -0.39 is 0 Å². The highest BCUT2D eigenvalue weighted by molar-refractivity contribution is 5.14. The normalized spacial score (nSPS) is 19.1. The zero-order valence-electron chi connectivity index (χ0n) is 10.8. The van der Waals surface area contributed by atoms with Crippen molar-refractivity contribution in [3.8, 4) is 0 Å². The summed E-state index contributed by atoms with van der Waals surface area (Å²) in [4.78, 5) is 0. The zero-order valence-corrected chi connectivity index (χ0v) is 10.8. The molecule has 1 heterocycles. The Morgan fingerprint density at radius 1 is 1.18 bits per heavy atom. The molecule has 2 N–H and O–H groups in total. The molecule has 0 amide bonds. The molecule has 0 bridgehead atoms. The molecule has 0 aromatic heterocycles. The summed E-state index contributed by atoms with van der Waals surface area (Å²) < 4.78 is 0. The monoisotopic (exact) mass is 232 g/mol. The maximum Gasteiger partial charge on any atom is 0.0210 e. The third-order valence-electron chi connectivity index (χ3n) is 3.80. The number of piperidine rings is 1. The molecule has 0 atom stereocenters. The summed E-state index contributed by atoms with van der Waals surface area (Å²) in [5, 5.41) is 7.27. The highest BCUT2D eigenvalue weighted by atomic mass is 15.0. The Morgan fingerprint density at radius 2 is 1.88 bits per heavy atom. The summed E-state index contributed by atoms with van der Waals surface area (Å²) in [5.74, 6) is 0. The quantitative estimate of drug-likeness (QED) is 0.815. The molecule has 1 aliphatic rings. The highest BCUT2D eigenvalue weighted by Crippen LogP contribution is 2.24. The fourth-order valence-corrected chi connectivity index (χ4v) is 2.78. The summed E-state index contributed by atoms with van der Waals surface area (Å²) in [6.07, 6.45) is 5.07. The van der Waals surface area contributed by atoms with Crippen LogP contribution in [0.15, 0.2) is 30.3 Å². The van der Waals surface area contributed by atoms with Gasteiger partial charge in [-0.05, 0) is 37.9 Å². The van der Waals surface area contributed by atoms with Gasteiger partial charge in [-0.3, -0.25) is 0 Å². The summed E-state index contributed by atoms with van der Waals surface area (Å²) >= 11 is 0. The number of hydrogen-bond donors (Lipinski definition) is 2. The lowest BCUT2D eigenvalue weighted by Gasteiger charge is -2.39. The Morgan fingerprint density at radius 3 is 2.53 bits per heavy atom. The lowest BCUT2D eigenvalue weighted by molar-refractivity contribution is 0.222. The van der Waals surface area contributed by atoms with Crippen LogP contribution in [0.3, 0.4) is 0 Å². The van der Waals surface area contributed by atoms with E-state index in [2.05, 4.69) is 47.9 Å². The molecule has 0 saturated carbocycles. The Labute approximate surface area is 105 Å². The van der Waals surface area contributed by atoms with Gasteiger partial charge in [0.2, 0.25) is 0 Å². The molecule has 2 nitrogen and oxygen atoms in total. The van der Waals surface area contributed by atoms with Gasteiger partial charge in [0.25, 0.3) is 0 Å². The van der Waals surface area contributed by atoms with Crippen molar-refractivity contribution < 1.29 is 0 Å². The first-order valence-electron chi connectivity index (χ1n) is 6.84. The van der Waals surface area contributed by atoms with Gasteiger partial charge in [-0.15, -0.1) is 0 Å². The van der Waals surface area contributed by atoms with Gasteiger partial charge in [-0.25, -0.2) is 0 Å². The van der Waals surface area contributed by atoms with Crippen LogP contribution < -0.4 is 10.6 Å². The van der Waals surface area contributed by atoms with E-state index in [1.54, 1.807) is 0 Å². The van der Waals surface area contributed by atoms with Gasteiger partial charge < -0.3 is 10.6 Å². The average Bonchev–Trinajstić information content (AvgIpc) is 2.39. The number of nitrogens with one attached hydrogen (secondary N) is 2. The van der Waals surface area contributed by atoms with Crippen LogP contribution in [0.25, 0.3) is 0 Å². The zero-order chi connectivity index (χ0) is 12.0. The highest BCUT2D eigenvalue weighted by Gasteiger charge is 2.29. The Bertz CT molecular complexity index is 309. The minimum absolute atomic E-state index is 0.371. The van der Waals surface area contributed by atoms with Crippen molar-refractivity contribution in [2.24, 2.45) is 0 Å². The van der Waals surface area contributed by atoms with E-state index in [0.29, 0.717) is 5.54 Å². The largest absolute Gasteiger partial charge is 0.317 e. The molecule has 0 radical (unpaired) electrons. The third kappa shape index (κ3) is 3.55. The van der Waals surface area contributed by atoms with Crippen molar-refractivity contribution in [3.05, 3.63) is 35.9 Å².